The van der Waals surface area contributed by atoms with Crippen LogP contribution in [0.5, 0.6) is 0 Å². The van der Waals surface area contributed by atoms with Crippen molar-refractivity contribution in [2.45, 2.75) is 0 Å². The van der Waals surface area contributed by atoms with Crippen LogP contribution >= 0.6 is 0 Å². The summed E-state index contributed by atoms with van der Waals surface area (Å²) in [5.41, 5.74) is 3.36. The molecule has 24 heavy (non-hydrogen) atoms. The smallest absolute Gasteiger partial charge is 0.318 e. The Labute approximate surface area is 137 Å². The normalized spacial score (nSPS) is 10.4. The number of benzene rings is 1. The second-order valence-corrected chi connectivity index (χ2v) is 5.00. The van der Waals surface area contributed by atoms with Crippen LogP contribution in [0.1, 0.15) is 10.5 Å². The van der Waals surface area contributed by atoms with Crippen molar-refractivity contribution in [3.8, 4) is 11.3 Å². The van der Waals surface area contributed by atoms with E-state index in [1.54, 1.807) is 49.2 Å². The molecule has 0 bridgehead atoms. The standard InChI is InChI=1S/C16H16N6O2/c1-17-15(23)12-9-22-13(7-20-14(22)8-19-12)10-3-5-11(6-4-10)21-16(24)18-2/h3-9H,1-2H3,(H,17,23)(H2,18,21,24). The summed E-state index contributed by atoms with van der Waals surface area (Å²) in [6.07, 6.45) is 4.91. The molecule has 3 rings (SSSR count). The first-order valence-electron chi connectivity index (χ1n) is 7.26. The van der Waals surface area contributed by atoms with Crippen molar-refractivity contribution in [1.82, 2.24) is 25.0 Å². The van der Waals surface area contributed by atoms with Crippen LogP contribution in [-0.4, -0.2) is 40.4 Å². The number of aromatic nitrogens is 3. The minimum Gasteiger partial charge on any atom is -0.354 e. The van der Waals surface area contributed by atoms with Gasteiger partial charge in [0.05, 0.1) is 18.1 Å². The highest BCUT2D eigenvalue weighted by molar-refractivity contribution is 5.92. The lowest BCUT2D eigenvalue weighted by Gasteiger charge is -2.07. The third kappa shape index (κ3) is 2.89. The van der Waals surface area contributed by atoms with Gasteiger partial charge >= 0.3 is 6.03 Å². The van der Waals surface area contributed by atoms with Crippen molar-refractivity contribution in [2.75, 3.05) is 19.4 Å². The van der Waals surface area contributed by atoms with E-state index in [1.165, 1.54) is 0 Å². The van der Waals surface area contributed by atoms with Crippen LogP contribution in [0.3, 0.4) is 0 Å². The first kappa shape index (κ1) is 15.5. The zero-order valence-electron chi connectivity index (χ0n) is 13.2. The summed E-state index contributed by atoms with van der Waals surface area (Å²) in [6, 6.07) is 7.05. The van der Waals surface area contributed by atoms with Crippen molar-refractivity contribution >= 4 is 23.3 Å². The zero-order chi connectivity index (χ0) is 17.1. The first-order valence-corrected chi connectivity index (χ1v) is 7.26. The maximum Gasteiger partial charge on any atom is 0.318 e. The van der Waals surface area contributed by atoms with E-state index >= 15 is 0 Å². The highest BCUT2D eigenvalue weighted by Crippen LogP contribution is 2.22. The molecule has 0 aliphatic rings. The van der Waals surface area contributed by atoms with Crippen molar-refractivity contribution in [3.05, 3.63) is 48.5 Å². The molecule has 0 atom stereocenters. The summed E-state index contributed by atoms with van der Waals surface area (Å²) in [5, 5.41) is 7.74. The Balaban J connectivity index is 1.96. The maximum atomic E-state index is 11.7. The molecule has 0 aliphatic heterocycles. The molecule has 8 heteroatoms. The summed E-state index contributed by atoms with van der Waals surface area (Å²) in [4.78, 5) is 31.5. The fraction of sp³-hybridized carbons (Fsp3) is 0.125. The SMILES string of the molecule is CNC(=O)Nc1ccc(-c2cnc3cnc(C(=O)NC)cn23)cc1. The van der Waals surface area contributed by atoms with Crippen molar-refractivity contribution in [1.29, 1.82) is 0 Å². The van der Waals surface area contributed by atoms with Gasteiger partial charge in [-0.3, -0.25) is 9.20 Å². The molecule has 0 radical (unpaired) electrons. The van der Waals surface area contributed by atoms with Gasteiger partial charge in [-0.1, -0.05) is 12.1 Å². The molecule has 8 nitrogen and oxygen atoms in total. The number of imidazole rings is 1. The summed E-state index contributed by atoms with van der Waals surface area (Å²) in [6.45, 7) is 0. The third-order valence-corrected chi connectivity index (χ3v) is 3.52. The van der Waals surface area contributed by atoms with Gasteiger partial charge in [-0.05, 0) is 12.1 Å². The van der Waals surface area contributed by atoms with Gasteiger partial charge in [0.25, 0.3) is 5.91 Å². The van der Waals surface area contributed by atoms with E-state index in [-0.39, 0.29) is 11.9 Å². The molecular weight excluding hydrogens is 308 g/mol. The third-order valence-electron chi connectivity index (χ3n) is 3.52. The number of carbonyl (C=O) groups is 2. The Morgan fingerprint density at radius 2 is 1.75 bits per heavy atom. The number of fused-ring (bicyclic) bond motifs is 1. The van der Waals surface area contributed by atoms with E-state index in [0.29, 0.717) is 17.0 Å². The van der Waals surface area contributed by atoms with Crippen LogP contribution in [0, 0.1) is 0 Å². The minimum atomic E-state index is -0.279. The molecule has 122 valence electrons. The van der Waals surface area contributed by atoms with Crippen LogP contribution < -0.4 is 16.0 Å². The molecule has 0 spiro atoms. The summed E-state index contributed by atoms with van der Waals surface area (Å²) < 4.78 is 1.80. The molecule has 0 unspecified atom stereocenters. The van der Waals surface area contributed by atoms with Gasteiger partial charge in [-0.2, -0.15) is 0 Å². The molecule has 1 aromatic carbocycles. The van der Waals surface area contributed by atoms with Gasteiger partial charge in [0, 0.05) is 31.5 Å². The number of hydrogen-bond donors (Lipinski definition) is 3. The lowest BCUT2D eigenvalue weighted by Crippen LogP contribution is -2.24. The van der Waals surface area contributed by atoms with Gasteiger partial charge in [-0.15, -0.1) is 0 Å². The van der Waals surface area contributed by atoms with Gasteiger partial charge in [0.15, 0.2) is 5.65 Å². The molecule has 0 saturated heterocycles. The Hall–Kier alpha value is -3.42. The summed E-state index contributed by atoms with van der Waals surface area (Å²) >= 11 is 0. The van der Waals surface area contributed by atoms with Crippen molar-refractivity contribution < 1.29 is 9.59 Å². The van der Waals surface area contributed by atoms with Crippen LogP contribution in [0.2, 0.25) is 0 Å². The monoisotopic (exact) mass is 324 g/mol. The number of urea groups is 1. The number of rotatable bonds is 3. The van der Waals surface area contributed by atoms with Gasteiger partial charge in [-0.25, -0.2) is 14.8 Å². The number of anilines is 1. The van der Waals surface area contributed by atoms with Crippen LogP contribution in [0.15, 0.2) is 42.9 Å². The molecule has 3 aromatic rings. The first-order chi connectivity index (χ1) is 11.6. The predicted octanol–water partition coefficient (Wildman–Crippen LogP) is 1.51. The van der Waals surface area contributed by atoms with E-state index in [2.05, 4.69) is 25.9 Å². The van der Waals surface area contributed by atoms with Crippen LogP contribution in [0.25, 0.3) is 16.9 Å². The topological polar surface area (TPSA) is 100 Å². The molecule has 2 heterocycles. The molecule has 3 N–H and O–H groups in total. The van der Waals surface area contributed by atoms with Gasteiger partial charge in [0.1, 0.15) is 5.69 Å². The van der Waals surface area contributed by atoms with Gasteiger partial charge in [0.2, 0.25) is 0 Å². The molecule has 0 aliphatic carbocycles. The molecule has 3 amide bonds. The van der Waals surface area contributed by atoms with Crippen molar-refractivity contribution in [3.63, 3.8) is 0 Å². The van der Waals surface area contributed by atoms with Crippen molar-refractivity contribution in [2.24, 2.45) is 0 Å². The molecule has 0 saturated carbocycles. The Morgan fingerprint density at radius 3 is 2.42 bits per heavy atom. The lowest BCUT2D eigenvalue weighted by molar-refractivity contribution is 0.0957. The summed E-state index contributed by atoms with van der Waals surface area (Å²) in [7, 11) is 3.11. The quantitative estimate of drug-likeness (QED) is 0.680. The molecular formula is C16H16N6O2. The highest BCUT2D eigenvalue weighted by atomic mass is 16.2. The Kier molecular flexibility index (Phi) is 4.11. The Bertz CT molecular complexity index is 901. The number of nitrogens with one attached hydrogen (secondary N) is 3. The zero-order valence-corrected chi connectivity index (χ0v) is 13.2. The number of nitrogens with zero attached hydrogens (tertiary/aromatic N) is 3. The lowest BCUT2D eigenvalue weighted by atomic mass is 10.1. The highest BCUT2D eigenvalue weighted by Gasteiger charge is 2.11. The average molecular weight is 324 g/mol. The second kappa shape index (κ2) is 6.37. The number of hydrogen-bond acceptors (Lipinski definition) is 4. The van der Waals surface area contributed by atoms with Crippen LogP contribution in [0.4, 0.5) is 10.5 Å². The van der Waals surface area contributed by atoms with E-state index < -0.39 is 0 Å². The minimum absolute atomic E-state index is 0.262. The fourth-order valence-corrected chi connectivity index (χ4v) is 2.27. The van der Waals surface area contributed by atoms with E-state index in [9.17, 15) is 9.59 Å². The van der Waals surface area contributed by atoms with E-state index in [0.717, 1.165) is 11.3 Å². The fourth-order valence-electron chi connectivity index (χ4n) is 2.27. The van der Waals surface area contributed by atoms with E-state index in [4.69, 9.17) is 0 Å². The average Bonchev–Trinajstić information content (AvgIpc) is 3.04. The molecule has 2 aromatic heterocycles. The van der Waals surface area contributed by atoms with E-state index in [1.807, 2.05) is 12.1 Å². The number of carbonyl (C=O) groups excluding carboxylic acids is 2. The van der Waals surface area contributed by atoms with Gasteiger partial charge < -0.3 is 16.0 Å². The maximum absolute atomic E-state index is 11.7. The number of amides is 3. The van der Waals surface area contributed by atoms with Crippen LogP contribution in [-0.2, 0) is 0 Å². The second-order valence-electron chi connectivity index (χ2n) is 5.00. The largest absolute Gasteiger partial charge is 0.354 e. The predicted molar refractivity (Wildman–Crippen MR) is 89.9 cm³/mol. The molecule has 0 fully saturated rings. The Morgan fingerprint density at radius 1 is 1.00 bits per heavy atom. The summed E-state index contributed by atoms with van der Waals surface area (Å²) in [5.74, 6) is -0.262.